The van der Waals surface area contributed by atoms with Crippen molar-refractivity contribution in [3.8, 4) is 0 Å². The van der Waals surface area contributed by atoms with Gasteiger partial charge in [0.2, 0.25) is 10.0 Å². The summed E-state index contributed by atoms with van der Waals surface area (Å²) in [5, 5.41) is 2.74. The Kier molecular flexibility index (Phi) is 6.17. The van der Waals surface area contributed by atoms with E-state index in [1.165, 1.54) is 0 Å². The van der Waals surface area contributed by atoms with Crippen molar-refractivity contribution in [2.45, 2.75) is 37.6 Å². The molecular formula is C19H26F2N4O4S. The first-order valence-corrected chi connectivity index (χ1v) is 11.2. The van der Waals surface area contributed by atoms with Crippen LogP contribution in [-0.2, 0) is 14.8 Å². The molecule has 30 heavy (non-hydrogen) atoms. The largest absolute Gasteiger partial charge is 0.326 e. The molecule has 0 aliphatic carbocycles. The van der Waals surface area contributed by atoms with Gasteiger partial charge in [-0.25, -0.2) is 26.9 Å². The number of rotatable bonds is 6. The Morgan fingerprint density at radius 2 is 1.67 bits per heavy atom. The Bertz CT molecular complexity index is 928. The normalized spacial score (nSPS) is 24.0. The lowest BCUT2D eigenvalue weighted by Gasteiger charge is -2.35. The van der Waals surface area contributed by atoms with Crippen molar-refractivity contribution in [3.05, 3.63) is 29.8 Å². The number of carbonyl (C=O) groups excluding carboxylic acids is 2. The minimum atomic E-state index is -4.33. The molecule has 8 nitrogen and oxygen atoms in total. The minimum absolute atomic E-state index is 0.0109. The number of halogens is 2. The molecule has 1 aromatic rings. The molecule has 3 amide bonds. The SMILES string of the molecule is CC(C)C[C@@]1(C)NC(=O)N(CN2CCN(S(=O)(=O)c3c(F)cccc3F)CC2)C1=O. The van der Waals surface area contributed by atoms with Gasteiger partial charge in [-0.05, 0) is 31.4 Å². The summed E-state index contributed by atoms with van der Waals surface area (Å²) in [5.41, 5.74) is -0.960. The summed E-state index contributed by atoms with van der Waals surface area (Å²) in [4.78, 5) is 27.0. The van der Waals surface area contributed by atoms with Crippen molar-refractivity contribution >= 4 is 22.0 Å². The fraction of sp³-hybridized carbons (Fsp3) is 0.579. The average Bonchev–Trinajstić information content (AvgIpc) is 2.84. The topological polar surface area (TPSA) is 90.0 Å². The van der Waals surface area contributed by atoms with E-state index in [1.54, 1.807) is 11.8 Å². The van der Waals surface area contributed by atoms with Gasteiger partial charge in [-0.15, -0.1) is 0 Å². The van der Waals surface area contributed by atoms with Crippen molar-refractivity contribution < 1.29 is 26.8 Å². The van der Waals surface area contributed by atoms with Gasteiger partial charge in [0.1, 0.15) is 17.2 Å². The second kappa shape index (κ2) is 8.20. The zero-order chi connectivity index (χ0) is 22.3. The molecular weight excluding hydrogens is 418 g/mol. The molecule has 2 aliphatic heterocycles. The van der Waals surface area contributed by atoms with E-state index in [-0.39, 0.29) is 44.7 Å². The molecule has 166 valence electrons. The van der Waals surface area contributed by atoms with Crippen molar-refractivity contribution in [3.63, 3.8) is 0 Å². The van der Waals surface area contributed by atoms with Crippen LogP contribution < -0.4 is 5.32 Å². The molecule has 2 heterocycles. The zero-order valence-electron chi connectivity index (χ0n) is 17.2. The van der Waals surface area contributed by atoms with Gasteiger partial charge in [0.25, 0.3) is 5.91 Å². The third-order valence-electron chi connectivity index (χ3n) is 5.35. The van der Waals surface area contributed by atoms with E-state index >= 15 is 0 Å². The lowest BCUT2D eigenvalue weighted by atomic mass is 9.91. The van der Waals surface area contributed by atoms with E-state index in [1.807, 2.05) is 13.8 Å². The molecule has 0 saturated carbocycles. The molecule has 2 saturated heterocycles. The molecule has 0 bridgehead atoms. The Morgan fingerprint density at radius 1 is 1.10 bits per heavy atom. The maximum Gasteiger partial charge on any atom is 0.326 e. The first kappa shape index (κ1) is 22.6. The van der Waals surface area contributed by atoms with E-state index < -0.39 is 38.1 Å². The highest BCUT2D eigenvalue weighted by molar-refractivity contribution is 7.89. The summed E-state index contributed by atoms with van der Waals surface area (Å²) in [6, 6.07) is 2.43. The number of hydrogen-bond acceptors (Lipinski definition) is 5. The van der Waals surface area contributed by atoms with Crippen molar-refractivity contribution in [1.82, 2.24) is 19.4 Å². The van der Waals surface area contributed by atoms with Crippen molar-refractivity contribution in [1.29, 1.82) is 0 Å². The van der Waals surface area contributed by atoms with Gasteiger partial charge >= 0.3 is 6.03 Å². The number of urea groups is 1. The number of nitrogens with zero attached hydrogens (tertiary/aromatic N) is 3. The van der Waals surface area contributed by atoms with Gasteiger partial charge in [-0.2, -0.15) is 4.31 Å². The smallest absolute Gasteiger partial charge is 0.323 e. The molecule has 1 N–H and O–H groups in total. The molecule has 0 spiro atoms. The maximum absolute atomic E-state index is 14.0. The number of piperazine rings is 1. The predicted octanol–water partition coefficient (Wildman–Crippen LogP) is 1.59. The quantitative estimate of drug-likeness (QED) is 0.673. The standard InChI is InChI=1S/C19H26F2N4O4S/c1-13(2)11-19(3)17(26)25(18(27)22-19)12-23-7-9-24(10-8-23)30(28,29)16-14(20)5-4-6-15(16)21/h4-6,13H,7-12H2,1-3H3,(H,22,27)/t19-/m1/s1. The number of hydrogen-bond donors (Lipinski definition) is 1. The third kappa shape index (κ3) is 4.19. The highest BCUT2D eigenvalue weighted by atomic mass is 32.2. The van der Waals surface area contributed by atoms with Crippen molar-refractivity contribution in [2.24, 2.45) is 5.92 Å². The Morgan fingerprint density at radius 3 is 2.20 bits per heavy atom. The summed E-state index contributed by atoms with van der Waals surface area (Å²) < 4.78 is 54.3. The van der Waals surface area contributed by atoms with E-state index in [4.69, 9.17) is 0 Å². The third-order valence-corrected chi connectivity index (χ3v) is 7.30. The monoisotopic (exact) mass is 444 g/mol. The molecule has 1 aromatic carbocycles. The number of amides is 3. The first-order chi connectivity index (χ1) is 14.0. The van der Waals surface area contributed by atoms with Crippen LogP contribution in [0.2, 0.25) is 0 Å². The number of carbonyl (C=O) groups is 2. The van der Waals surface area contributed by atoms with Gasteiger partial charge in [0.15, 0.2) is 4.90 Å². The molecule has 11 heteroatoms. The van der Waals surface area contributed by atoms with Crippen LogP contribution in [0.4, 0.5) is 13.6 Å². The van der Waals surface area contributed by atoms with Crippen LogP contribution in [0, 0.1) is 17.6 Å². The Balaban J connectivity index is 1.65. The predicted molar refractivity (Wildman–Crippen MR) is 105 cm³/mol. The highest BCUT2D eigenvalue weighted by Crippen LogP contribution is 2.26. The second-order valence-electron chi connectivity index (χ2n) is 8.31. The molecule has 0 unspecified atom stereocenters. The summed E-state index contributed by atoms with van der Waals surface area (Å²) in [7, 11) is -4.33. The van der Waals surface area contributed by atoms with E-state index in [0.717, 1.165) is 27.4 Å². The van der Waals surface area contributed by atoms with E-state index in [2.05, 4.69) is 5.32 Å². The number of imide groups is 1. The average molecular weight is 445 g/mol. The Hall–Kier alpha value is -2.11. The van der Waals surface area contributed by atoms with Crippen LogP contribution in [0.1, 0.15) is 27.2 Å². The fourth-order valence-corrected chi connectivity index (χ4v) is 5.53. The maximum atomic E-state index is 14.0. The molecule has 3 rings (SSSR count). The van der Waals surface area contributed by atoms with Gasteiger partial charge in [-0.1, -0.05) is 19.9 Å². The second-order valence-corrected chi connectivity index (χ2v) is 10.2. The summed E-state index contributed by atoms with van der Waals surface area (Å²) >= 11 is 0. The summed E-state index contributed by atoms with van der Waals surface area (Å²) in [5.74, 6) is -2.38. The van der Waals surface area contributed by atoms with E-state index in [0.29, 0.717) is 6.42 Å². The molecule has 1 atom stereocenters. The van der Waals surface area contributed by atoms with Crippen LogP contribution >= 0.6 is 0 Å². The lowest BCUT2D eigenvalue weighted by Crippen LogP contribution is -2.53. The van der Waals surface area contributed by atoms with Crippen LogP contribution in [0.25, 0.3) is 0 Å². The highest BCUT2D eigenvalue weighted by Gasteiger charge is 2.48. The van der Waals surface area contributed by atoms with Crippen molar-refractivity contribution in [2.75, 3.05) is 32.8 Å². The van der Waals surface area contributed by atoms with Gasteiger partial charge in [0.05, 0.1) is 6.67 Å². The van der Waals surface area contributed by atoms with Crippen LogP contribution in [-0.4, -0.2) is 72.8 Å². The number of benzene rings is 1. The first-order valence-electron chi connectivity index (χ1n) is 9.76. The zero-order valence-corrected chi connectivity index (χ0v) is 18.0. The summed E-state index contributed by atoms with van der Waals surface area (Å²) in [6.45, 7) is 6.06. The van der Waals surface area contributed by atoms with Crippen LogP contribution in [0.15, 0.2) is 23.1 Å². The molecule has 0 aromatic heterocycles. The van der Waals surface area contributed by atoms with Gasteiger partial charge in [0, 0.05) is 26.2 Å². The Labute approximate surface area is 174 Å². The number of sulfonamides is 1. The molecule has 2 aliphatic rings. The summed E-state index contributed by atoms with van der Waals surface area (Å²) in [6.07, 6.45) is 0.508. The lowest BCUT2D eigenvalue weighted by molar-refractivity contribution is -0.133. The van der Waals surface area contributed by atoms with E-state index in [9.17, 15) is 26.8 Å². The molecule has 0 radical (unpaired) electrons. The van der Waals surface area contributed by atoms with Gasteiger partial charge < -0.3 is 5.32 Å². The molecule has 2 fully saturated rings. The van der Waals surface area contributed by atoms with Gasteiger partial charge in [-0.3, -0.25) is 9.69 Å². The van der Waals surface area contributed by atoms with Crippen LogP contribution in [0.5, 0.6) is 0 Å². The minimum Gasteiger partial charge on any atom is -0.323 e. The van der Waals surface area contributed by atoms with Crippen LogP contribution in [0.3, 0.4) is 0 Å². The fourth-order valence-electron chi connectivity index (χ4n) is 4.00. The number of nitrogens with one attached hydrogen (secondary N) is 1.